The maximum Gasteiger partial charge on any atom is 0.239 e. The summed E-state index contributed by atoms with van der Waals surface area (Å²) in [6.45, 7) is 2.17. The molecular formula is C17H20N2O2. The fourth-order valence-corrected chi connectivity index (χ4v) is 2.08. The summed E-state index contributed by atoms with van der Waals surface area (Å²) in [5.74, 6) is 0.665. The van der Waals surface area contributed by atoms with Gasteiger partial charge in [-0.1, -0.05) is 42.5 Å². The molecule has 0 saturated carbocycles. The van der Waals surface area contributed by atoms with Crippen LogP contribution in [-0.2, 0) is 4.79 Å². The van der Waals surface area contributed by atoms with Gasteiger partial charge < -0.3 is 15.4 Å². The van der Waals surface area contributed by atoms with Crippen LogP contribution in [0, 0.1) is 0 Å². The molecule has 2 rings (SSSR count). The average molecular weight is 284 g/mol. The normalized spacial score (nSPS) is 11.5. The zero-order chi connectivity index (χ0) is 15.1. The molecule has 0 heterocycles. The molecule has 0 unspecified atom stereocenters. The van der Waals surface area contributed by atoms with E-state index in [1.807, 2.05) is 61.5 Å². The third kappa shape index (κ3) is 4.24. The topological polar surface area (TPSA) is 50.4 Å². The van der Waals surface area contributed by atoms with Gasteiger partial charge in [-0.3, -0.25) is 4.79 Å². The summed E-state index contributed by atoms with van der Waals surface area (Å²) in [4.78, 5) is 12.0. The maximum absolute atomic E-state index is 12.0. The second-order valence-electron chi connectivity index (χ2n) is 4.75. The van der Waals surface area contributed by atoms with Crippen molar-refractivity contribution in [2.24, 2.45) is 0 Å². The molecule has 0 aliphatic rings. The van der Waals surface area contributed by atoms with Crippen molar-refractivity contribution in [2.45, 2.75) is 13.0 Å². The summed E-state index contributed by atoms with van der Waals surface area (Å²) in [6.07, 6.45) is 0. The summed E-state index contributed by atoms with van der Waals surface area (Å²) in [5.41, 5.74) is 1.89. The van der Waals surface area contributed by atoms with Crippen LogP contribution in [0.3, 0.4) is 0 Å². The first-order valence-electron chi connectivity index (χ1n) is 6.92. The van der Waals surface area contributed by atoms with Crippen molar-refractivity contribution in [1.29, 1.82) is 0 Å². The molecule has 0 fully saturated rings. The van der Waals surface area contributed by atoms with Gasteiger partial charge in [0.25, 0.3) is 0 Å². The van der Waals surface area contributed by atoms with E-state index in [-0.39, 0.29) is 18.5 Å². The number of ether oxygens (including phenoxy) is 1. The number of carbonyl (C=O) groups excluding carboxylic acids is 1. The van der Waals surface area contributed by atoms with E-state index < -0.39 is 0 Å². The van der Waals surface area contributed by atoms with Crippen LogP contribution in [0.15, 0.2) is 54.6 Å². The van der Waals surface area contributed by atoms with E-state index >= 15 is 0 Å². The first-order chi connectivity index (χ1) is 10.2. The molecule has 0 saturated heterocycles. The average Bonchev–Trinajstić information content (AvgIpc) is 2.54. The van der Waals surface area contributed by atoms with Crippen LogP contribution in [0.5, 0.6) is 5.75 Å². The van der Waals surface area contributed by atoms with Gasteiger partial charge in [0.2, 0.25) is 5.91 Å². The summed E-state index contributed by atoms with van der Waals surface area (Å²) >= 11 is 0. The Bertz CT molecular complexity index is 584. The first kappa shape index (κ1) is 14.9. The third-order valence-electron chi connectivity index (χ3n) is 3.22. The van der Waals surface area contributed by atoms with Crippen molar-refractivity contribution in [2.75, 3.05) is 19.0 Å². The number of nitrogens with one attached hydrogen (secondary N) is 2. The van der Waals surface area contributed by atoms with E-state index in [1.165, 1.54) is 0 Å². The van der Waals surface area contributed by atoms with Crippen LogP contribution in [-0.4, -0.2) is 19.6 Å². The molecule has 2 aromatic rings. The van der Waals surface area contributed by atoms with Crippen LogP contribution in [0.2, 0.25) is 0 Å². The fourth-order valence-electron chi connectivity index (χ4n) is 2.08. The van der Waals surface area contributed by atoms with Gasteiger partial charge in [-0.05, 0) is 24.6 Å². The Labute approximate surface area is 125 Å². The van der Waals surface area contributed by atoms with Gasteiger partial charge in [-0.25, -0.2) is 0 Å². The molecule has 2 aromatic carbocycles. The molecule has 21 heavy (non-hydrogen) atoms. The van der Waals surface area contributed by atoms with E-state index in [0.29, 0.717) is 0 Å². The van der Waals surface area contributed by atoms with Gasteiger partial charge in [0, 0.05) is 0 Å². The van der Waals surface area contributed by atoms with Crippen LogP contribution in [0.25, 0.3) is 0 Å². The lowest BCUT2D eigenvalue weighted by atomic mass is 10.1. The van der Waals surface area contributed by atoms with Gasteiger partial charge in [0.1, 0.15) is 5.75 Å². The van der Waals surface area contributed by atoms with Crippen molar-refractivity contribution in [3.8, 4) is 5.75 Å². The summed E-state index contributed by atoms with van der Waals surface area (Å²) in [6, 6.07) is 17.4. The van der Waals surface area contributed by atoms with E-state index in [2.05, 4.69) is 10.6 Å². The Balaban J connectivity index is 1.88. The molecule has 110 valence electrons. The number of amides is 1. The van der Waals surface area contributed by atoms with Gasteiger partial charge in [-0.2, -0.15) is 0 Å². The number of rotatable bonds is 6. The lowest BCUT2D eigenvalue weighted by Gasteiger charge is -2.15. The molecule has 4 heteroatoms. The summed E-state index contributed by atoms with van der Waals surface area (Å²) < 4.78 is 5.23. The van der Waals surface area contributed by atoms with Gasteiger partial charge >= 0.3 is 0 Å². The van der Waals surface area contributed by atoms with E-state index in [0.717, 1.165) is 17.0 Å². The third-order valence-corrected chi connectivity index (χ3v) is 3.22. The van der Waals surface area contributed by atoms with Crippen molar-refractivity contribution in [3.05, 3.63) is 60.2 Å². The second-order valence-corrected chi connectivity index (χ2v) is 4.75. The molecule has 0 bridgehead atoms. The highest BCUT2D eigenvalue weighted by atomic mass is 16.5. The highest BCUT2D eigenvalue weighted by Crippen LogP contribution is 2.22. The molecule has 0 radical (unpaired) electrons. The van der Waals surface area contributed by atoms with E-state index in [9.17, 15) is 4.79 Å². The molecule has 4 nitrogen and oxygen atoms in total. The quantitative estimate of drug-likeness (QED) is 0.857. The molecule has 1 atom stereocenters. The zero-order valence-electron chi connectivity index (χ0n) is 12.3. The van der Waals surface area contributed by atoms with Crippen LogP contribution >= 0.6 is 0 Å². The molecule has 0 spiro atoms. The van der Waals surface area contributed by atoms with E-state index in [1.54, 1.807) is 7.11 Å². The molecule has 1 amide bonds. The zero-order valence-corrected chi connectivity index (χ0v) is 12.3. The van der Waals surface area contributed by atoms with Crippen molar-refractivity contribution < 1.29 is 9.53 Å². The second kappa shape index (κ2) is 7.33. The number of anilines is 1. The standard InChI is InChI=1S/C17H20N2O2/c1-13(14-8-4-3-5-9-14)19-17(20)12-18-15-10-6-7-11-16(15)21-2/h3-11,13,18H,12H2,1-2H3,(H,19,20)/t13-/m1/s1. The number of para-hydroxylation sites is 2. The minimum Gasteiger partial charge on any atom is -0.495 e. The Kier molecular flexibility index (Phi) is 5.21. The SMILES string of the molecule is COc1ccccc1NCC(=O)N[C@H](C)c1ccccc1. The smallest absolute Gasteiger partial charge is 0.239 e. The van der Waals surface area contributed by atoms with Crippen molar-refractivity contribution in [3.63, 3.8) is 0 Å². The lowest BCUT2D eigenvalue weighted by molar-refractivity contribution is -0.120. The monoisotopic (exact) mass is 284 g/mol. The number of carbonyl (C=O) groups is 1. The number of hydrogen-bond acceptors (Lipinski definition) is 3. The molecule has 2 N–H and O–H groups in total. The molecule has 0 aliphatic carbocycles. The lowest BCUT2D eigenvalue weighted by Crippen LogP contribution is -2.32. The summed E-state index contributed by atoms with van der Waals surface area (Å²) in [7, 11) is 1.61. The Morgan fingerprint density at radius 2 is 1.76 bits per heavy atom. The molecule has 0 aliphatic heterocycles. The Morgan fingerprint density at radius 1 is 1.10 bits per heavy atom. The Hall–Kier alpha value is -2.49. The minimum atomic E-state index is -0.0581. The number of methoxy groups -OCH3 is 1. The number of benzene rings is 2. The highest BCUT2D eigenvalue weighted by molar-refractivity contribution is 5.81. The summed E-state index contributed by atoms with van der Waals surface area (Å²) in [5, 5.41) is 6.05. The van der Waals surface area contributed by atoms with Crippen molar-refractivity contribution >= 4 is 11.6 Å². The predicted molar refractivity (Wildman–Crippen MR) is 84.5 cm³/mol. The van der Waals surface area contributed by atoms with Gasteiger partial charge in [0.15, 0.2) is 0 Å². The predicted octanol–water partition coefficient (Wildman–Crippen LogP) is 2.98. The first-order valence-corrected chi connectivity index (χ1v) is 6.92. The van der Waals surface area contributed by atoms with E-state index in [4.69, 9.17) is 4.74 Å². The number of hydrogen-bond donors (Lipinski definition) is 2. The van der Waals surface area contributed by atoms with Crippen LogP contribution in [0.1, 0.15) is 18.5 Å². The van der Waals surface area contributed by atoms with Gasteiger partial charge in [-0.15, -0.1) is 0 Å². The largest absolute Gasteiger partial charge is 0.495 e. The Morgan fingerprint density at radius 3 is 2.48 bits per heavy atom. The fraction of sp³-hybridized carbons (Fsp3) is 0.235. The van der Waals surface area contributed by atoms with Crippen LogP contribution in [0.4, 0.5) is 5.69 Å². The van der Waals surface area contributed by atoms with Crippen molar-refractivity contribution in [1.82, 2.24) is 5.32 Å². The van der Waals surface area contributed by atoms with Gasteiger partial charge in [0.05, 0.1) is 25.4 Å². The molecular weight excluding hydrogens is 264 g/mol. The minimum absolute atomic E-state index is 0.0156. The van der Waals surface area contributed by atoms with Crippen LogP contribution < -0.4 is 15.4 Å². The highest BCUT2D eigenvalue weighted by Gasteiger charge is 2.09. The maximum atomic E-state index is 12.0. The molecule has 0 aromatic heterocycles.